The lowest BCUT2D eigenvalue weighted by molar-refractivity contribution is 0.112. The first-order valence-corrected chi connectivity index (χ1v) is 6.14. The Labute approximate surface area is 115 Å². The molecule has 3 rings (SSSR count). The maximum atomic E-state index is 11.2. The van der Waals surface area contributed by atoms with Gasteiger partial charge < -0.3 is 0 Å². The highest BCUT2D eigenvalue weighted by Gasteiger charge is 2.13. The van der Waals surface area contributed by atoms with Crippen LogP contribution in [0.1, 0.15) is 15.9 Å². The summed E-state index contributed by atoms with van der Waals surface area (Å²) >= 11 is 0. The minimum absolute atomic E-state index is 0.515. The number of carbonyl (C=O) groups excluding carboxylic acids is 1. The SMILES string of the molecule is Cc1ccnc(-n2cc(C=O)c(-c3cnn(C)c3)n2)c1. The molecule has 6 heteroatoms. The van der Waals surface area contributed by atoms with Crippen LogP contribution in [0.25, 0.3) is 17.1 Å². The van der Waals surface area contributed by atoms with Crippen molar-refractivity contribution in [3.63, 3.8) is 0 Å². The molecule has 0 spiro atoms. The Hall–Kier alpha value is -2.76. The number of nitrogens with zero attached hydrogens (tertiary/aromatic N) is 5. The monoisotopic (exact) mass is 267 g/mol. The molecule has 0 unspecified atom stereocenters. The van der Waals surface area contributed by atoms with E-state index in [1.165, 1.54) is 0 Å². The van der Waals surface area contributed by atoms with E-state index in [0.29, 0.717) is 17.1 Å². The summed E-state index contributed by atoms with van der Waals surface area (Å²) in [5, 5.41) is 8.55. The van der Waals surface area contributed by atoms with Crippen molar-refractivity contribution in [1.82, 2.24) is 24.5 Å². The molecule has 0 atom stereocenters. The van der Waals surface area contributed by atoms with Crippen molar-refractivity contribution in [2.75, 3.05) is 0 Å². The molecule has 0 saturated heterocycles. The van der Waals surface area contributed by atoms with Crippen molar-refractivity contribution >= 4 is 6.29 Å². The van der Waals surface area contributed by atoms with Crippen LogP contribution in [-0.4, -0.2) is 30.8 Å². The first kappa shape index (κ1) is 12.3. The summed E-state index contributed by atoms with van der Waals surface area (Å²) in [6.07, 6.45) is 7.70. The van der Waals surface area contributed by atoms with Crippen molar-refractivity contribution < 1.29 is 4.79 Å². The van der Waals surface area contributed by atoms with Gasteiger partial charge in [-0.05, 0) is 24.6 Å². The van der Waals surface area contributed by atoms with Crippen molar-refractivity contribution in [3.8, 4) is 17.1 Å². The zero-order valence-electron chi connectivity index (χ0n) is 11.2. The smallest absolute Gasteiger partial charge is 0.153 e. The Morgan fingerprint density at radius 3 is 2.80 bits per heavy atom. The van der Waals surface area contributed by atoms with Crippen LogP contribution in [0.2, 0.25) is 0 Å². The third-order valence-electron chi connectivity index (χ3n) is 2.98. The van der Waals surface area contributed by atoms with E-state index in [-0.39, 0.29) is 0 Å². The van der Waals surface area contributed by atoms with Crippen LogP contribution in [0.3, 0.4) is 0 Å². The van der Waals surface area contributed by atoms with E-state index >= 15 is 0 Å². The van der Waals surface area contributed by atoms with Gasteiger partial charge in [0.15, 0.2) is 12.1 Å². The molecule has 0 saturated carbocycles. The number of aryl methyl sites for hydroxylation is 2. The Balaban J connectivity index is 2.11. The molecule has 3 aromatic rings. The maximum absolute atomic E-state index is 11.2. The summed E-state index contributed by atoms with van der Waals surface area (Å²) in [6, 6.07) is 3.82. The van der Waals surface area contributed by atoms with Gasteiger partial charge in [-0.15, -0.1) is 0 Å². The molecule has 0 amide bonds. The summed E-state index contributed by atoms with van der Waals surface area (Å²) < 4.78 is 3.28. The Kier molecular flexibility index (Phi) is 2.90. The molecule has 6 nitrogen and oxygen atoms in total. The average Bonchev–Trinajstić information content (AvgIpc) is 3.04. The fourth-order valence-corrected chi connectivity index (χ4v) is 2.00. The lowest BCUT2D eigenvalue weighted by Gasteiger charge is -2.00. The summed E-state index contributed by atoms with van der Waals surface area (Å²) in [5.74, 6) is 0.684. The Morgan fingerprint density at radius 1 is 1.30 bits per heavy atom. The highest BCUT2D eigenvalue weighted by molar-refractivity contribution is 5.85. The van der Waals surface area contributed by atoms with E-state index in [1.54, 1.807) is 28.0 Å². The second-order valence-electron chi connectivity index (χ2n) is 4.59. The fraction of sp³-hybridized carbons (Fsp3) is 0.143. The number of carbonyl (C=O) groups is 1. The zero-order valence-corrected chi connectivity index (χ0v) is 11.2. The molecule has 0 aliphatic heterocycles. The number of hydrogen-bond donors (Lipinski definition) is 0. The normalized spacial score (nSPS) is 10.7. The van der Waals surface area contributed by atoms with Gasteiger partial charge in [0.25, 0.3) is 0 Å². The van der Waals surface area contributed by atoms with Crippen molar-refractivity contribution in [2.45, 2.75) is 6.92 Å². The van der Waals surface area contributed by atoms with Crippen LogP contribution in [-0.2, 0) is 7.05 Å². The summed E-state index contributed by atoms with van der Waals surface area (Å²) in [5.41, 5.74) is 3.01. The second kappa shape index (κ2) is 4.73. The highest BCUT2D eigenvalue weighted by atomic mass is 16.1. The molecule has 3 heterocycles. The summed E-state index contributed by atoms with van der Waals surface area (Å²) in [4.78, 5) is 15.5. The summed E-state index contributed by atoms with van der Waals surface area (Å²) in [7, 11) is 1.82. The summed E-state index contributed by atoms with van der Waals surface area (Å²) in [6.45, 7) is 1.98. The van der Waals surface area contributed by atoms with Gasteiger partial charge in [0, 0.05) is 31.2 Å². The topological polar surface area (TPSA) is 65.6 Å². The minimum atomic E-state index is 0.515. The van der Waals surface area contributed by atoms with Crippen molar-refractivity contribution in [2.24, 2.45) is 7.05 Å². The van der Waals surface area contributed by atoms with Crippen LogP contribution in [0.5, 0.6) is 0 Å². The van der Waals surface area contributed by atoms with Crippen molar-refractivity contribution in [3.05, 3.63) is 48.0 Å². The molecule has 3 aromatic heterocycles. The molecular weight excluding hydrogens is 254 g/mol. The number of hydrogen-bond acceptors (Lipinski definition) is 4. The lowest BCUT2D eigenvalue weighted by Crippen LogP contribution is -1.98. The molecule has 0 aliphatic carbocycles. The molecular formula is C14H13N5O. The minimum Gasteiger partial charge on any atom is -0.298 e. The standard InChI is InChI=1S/C14H13N5O/c1-10-3-4-15-13(5-10)19-8-12(9-20)14(17-19)11-6-16-18(2)7-11/h3-9H,1-2H3. The number of rotatable bonds is 3. The molecule has 0 aliphatic rings. The van der Waals surface area contributed by atoms with E-state index in [4.69, 9.17) is 0 Å². The van der Waals surface area contributed by atoms with E-state index in [1.807, 2.05) is 32.3 Å². The molecule has 0 fully saturated rings. The average molecular weight is 267 g/mol. The van der Waals surface area contributed by atoms with Crippen LogP contribution in [0.15, 0.2) is 36.9 Å². The van der Waals surface area contributed by atoms with E-state index in [2.05, 4.69) is 15.2 Å². The van der Waals surface area contributed by atoms with Crippen molar-refractivity contribution in [1.29, 1.82) is 0 Å². The van der Waals surface area contributed by atoms with Crippen LogP contribution in [0.4, 0.5) is 0 Å². The van der Waals surface area contributed by atoms with Crippen LogP contribution >= 0.6 is 0 Å². The molecule has 0 aromatic carbocycles. The van der Waals surface area contributed by atoms with E-state index < -0.39 is 0 Å². The van der Waals surface area contributed by atoms with Gasteiger partial charge in [0.2, 0.25) is 0 Å². The quantitative estimate of drug-likeness (QED) is 0.678. The molecule has 20 heavy (non-hydrogen) atoms. The van der Waals surface area contributed by atoms with Gasteiger partial charge in [-0.2, -0.15) is 10.2 Å². The predicted octanol–water partition coefficient (Wildman–Crippen LogP) is 1.79. The van der Waals surface area contributed by atoms with Gasteiger partial charge in [0.1, 0.15) is 5.69 Å². The maximum Gasteiger partial charge on any atom is 0.153 e. The molecule has 100 valence electrons. The van der Waals surface area contributed by atoms with Crippen LogP contribution < -0.4 is 0 Å². The fourth-order valence-electron chi connectivity index (χ4n) is 2.00. The molecule has 0 N–H and O–H groups in total. The third-order valence-corrected chi connectivity index (χ3v) is 2.98. The number of aromatic nitrogens is 5. The third kappa shape index (κ3) is 2.11. The van der Waals surface area contributed by atoms with Crippen LogP contribution in [0, 0.1) is 6.92 Å². The zero-order chi connectivity index (χ0) is 14.1. The Morgan fingerprint density at radius 2 is 2.15 bits per heavy atom. The number of pyridine rings is 1. The van der Waals surface area contributed by atoms with Gasteiger partial charge in [-0.1, -0.05) is 0 Å². The molecule has 0 radical (unpaired) electrons. The Bertz CT molecular complexity index is 771. The molecule has 0 bridgehead atoms. The van der Waals surface area contributed by atoms with Gasteiger partial charge >= 0.3 is 0 Å². The highest BCUT2D eigenvalue weighted by Crippen LogP contribution is 2.21. The number of aldehydes is 1. The van der Waals surface area contributed by atoms with E-state index in [9.17, 15) is 4.79 Å². The first-order chi connectivity index (χ1) is 9.67. The van der Waals surface area contributed by atoms with Gasteiger partial charge in [0.05, 0.1) is 11.8 Å². The van der Waals surface area contributed by atoms with Gasteiger partial charge in [-0.25, -0.2) is 9.67 Å². The predicted molar refractivity (Wildman–Crippen MR) is 73.7 cm³/mol. The first-order valence-electron chi connectivity index (χ1n) is 6.14. The lowest BCUT2D eigenvalue weighted by atomic mass is 10.2. The van der Waals surface area contributed by atoms with Gasteiger partial charge in [-0.3, -0.25) is 9.48 Å². The largest absolute Gasteiger partial charge is 0.298 e. The van der Waals surface area contributed by atoms with E-state index in [0.717, 1.165) is 17.4 Å². The second-order valence-corrected chi connectivity index (χ2v) is 4.59.